The normalized spacial score (nSPS) is 21.3. The molecule has 2 unspecified atom stereocenters. The molecule has 0 radical (unpaired) electrons. The van der Waals surface area contributed by atoms with E-state index >= 15 is 0 Å². The minimum absolute atomic E-state index is 0.0508. The highest BCUT2D eigenvalue weighted by atomic mass is 16.2. The largest absolute Gasteiger partial charge is 0.322 e. The number of rotatable bonds is 10. The molecule has 2 aliphatic rings. The number of fused-ring (bicyclic) bond motifs is 2. The number of carbonyl (C=O) groups is 1. The number of aryl methyl sites for hydroxylation is 1. The number of nitrogens with one attached hydrogen (secondary N) is 2. The molecule has 144 valence electrons. The van der Waals surface area contributed by atoms with Crippen molar-refractivity contribution >= 4 is 11.7 Å². The maximum absolute atomic E-state index is 12.4. The van der Waals surface area contributed by atoms with Crippen LogP contribution in [0.5, 0.6) is 0 Å². The monoisotopic (exact) mass is 357 g/mol. The molecule has 4 nitrogen and oxygen atoms in total. The summed E-state index contributed by atoms with van der Waals surface area (Å²) < 4.78 is 0. The molecule has 2 N–H and O–H groups in total. The molecule has 0 saturated carbocycles. The minimum atomic E-state index is 0.0508. The topological polar surface area (TPSA) is 44.4 Å². The Balaban J connectivity index is 1.31. The Hall–Kier alpha value is -1.55. The number of nitrogens with zero attached hydrogens (tertiary/aromatic N) is 1. The molecular weight excluding hydrogens is 322 g/mol. The summed E-state index contributed by atoms with van der Waals surface area (Å²) in [4.78, 5) is 14.4. The van der Waals surface area contributed by atoms with E-state index in [9.17, 15) is 4.79 Å². The van der Waals surface area contributed by atoms with Gasteiger partial charge in [-0.2, -0.15) is 0 Å². The van der Waals surface area contributed by atoms with Crippen LogP contribution in [0.25, 0.3) is 0 Å². The predicted molar refractivity (Wildman–Crippen MR) is 109 cm³/mol. The lowest BCUT2D eigenvalue weighted by molar-refractivity contribution is 0.199. The fourth-order valence-corrected chi connectivity index (χ4v) is 4.22. The molecule has 2 atom stereocenters. The second kappa shape index (κ2) is 9.96. The zero-order chi connectivity index (χ0) is 18.2. The first-order chi connectivity index (χ1) is 12.8. The van der Waals surface area contributed by atoms with Crippen molar-refractivity contribution in [3.63, 3.8) is 0 Å². The number of carbonyl (C=O) groups excluding carboxylic acids is 1. The average Bonchev–Trinajstić information content (AvgIpc) is 3.29. The van der Waals surface area contributed by atoms with Crippen molar-refractivity contribution in [3.8, 4) is 0 Å². The number of hydrogen-bond donors (Lipinski definition) is 2. The summed E-state index contributed by atoms with van der Waals surface area (Å²) in [5.74, 6) is 0. The third kappa shape index (κ3) is 5.47. The van der Waals surface area contributed by atoms with Gasteiger partial charge >= 0.3 is 6.03 Å². The van der Waals surface area contributed by atoms with Crippen molar-refractivity contribution in [1.82, 2.24) is 10.2 Å². The maximum Gasteiger partial charge on any atom is 0.322 e. The number of anilines is 1. The van der Waals surface area contributed by atoms with E-state index in [0.29, 0.717) is 12.1 Å². The maximum atomic E-state index is 12.4. The van der Waals surface area contributed by atoms with Crippen LogP contribution in [0.3, 0.4) is 0 Å². The number of hydrogen-bond acceptors (Lipinski definition) is 2. The Kier molecular flexibility index (Phi) is 7.36. The lowest BCUT2D eigenvalue weighted by atomic mass is 10.0. The molecule has 2 fully saturated rings. The predicted octanol–water partition coefficient (Wildman–Crippen LogP) is 4.95. The van der Waals surface area contributed by atoms with Crippen molar-refractivity contribution < 1.29 is 4.79 Å². The Labute approximate surface area is 158 Å². The van der Waals surface area contributed by atoms with Crippen molar-refractivity contribution in [2.24, 2.45) is 0 Å². The van der Waals surface area contributed by atoms with Gasteiger partial charge in [-0.25, -0.2) is 4.79 Å². The van der Waals surface area contributed by atoms with Crippen LogP contribution >= 0.6 is 0 Å². The molecule has 2 amide bonds. The zero-order valence-electron chi connectivity index (χ0n) is 16.3. The Morgan fingerprint density at radius 3 is 2.38 bits per heavy atom. The SMILES string of the molecule is CCCCCCCCCCc1ccc(NC(=O)N2CC3CC2CN3)cc1. The fraction of sp³-hybridized carbons (Fsp3) is 0.682. The molecule has 4 heteroatoms. The molecule has 2 bridgehead atoms. The lowest BCUT2D eigenvalue weighted by Crippen LogP contribution is -2.48. The van der Waals surface area contributed by atoms with Crippen LogP contribution in [0.15, 0.2) is 24.3 Å². The van der Waals surface area contributed by atoms with Gasteiger partial charge in [0.2, 0.25) is 0 Å². The van der Waals surface area contributed by atoms with E-state index in [1.54, 1.807) is 0 Å². The summed E-state index contributed by atoms with van der Waals surface area (Å²) in [6.45, 7) is 4.05. The van der Waals surface area contributed by atoms with Gasteiger partial charge in [0, 0.05) is 30.9 Å². The van der Waals surface area contributed by atoms with Crippen LogP contribution in [0, 0.1) is 0 Å². The lowest BCUT2D eigenvalue weighted by Gasteiger charge is -2.27. The van der Waals surface area contributed by atoms with Crippen molar-refractivity contribution in [3.05, 3.63) is 29.8 Å². The quantitative estimate of drug-likeness (QED) is 0.582. The average molecular weight is 358 g/mol. The standard InChI is InChI=1S/C22H35N3O/c1-2-3-4-5-6-7-8-9-10-18-11-13-19(14-12-18)24-22(26)25-17-20-15-21(25)16-23-20/h11-14,20-21,23H,2-10,15-17H2,1H3,(H,24,26). The summed E-state index contributed by atoms with van der Waals surface area (Å²) in [6, 6.07) is 9.34. The second-order valence-electron chi connectivity index (χ2n) is 8.00. The molecule has 1 aromatic carbocycles. The molecule has 0 aliphatic carbocycles. The second-order valence-corrected chi connectivity index (χ2v) is 8.00. The molecule has 3 rings (SSSR count). The summed E-state index contributed by atoms with van der Waals surface area (Å²) in [5.41, 5.74) is 2.28. The highest BCUT2D eigenvalue weighted by Crippen LogP contribution is 2.24. The molecule has 26 heavy (non-hydrogen) atoms. The van der Waals surface area contributed by atoms with Crippen LogP contribution in [0.2, 0.25) is 0 Å². The van der Waals surface area contributed by atoms with Crippen molar-refractivity contribution in [2.75, 3.05) is 18.4 Å². The molecule has 0 aromatic heterocycles. The minimum Gasteiger partial charge on any atom is -0.319 e. The van der Waals surface area contributed by atoms with E-state index in [-0.39, 0.29) is 6.03 Å². The highest BCUT2D eigenvalue weighted by molar-refractivity contribution is 5.89. The smallest absolute Gasteiger partial charge is 0.319 e. The molecule has 2 heterocycles. The molecule has 2 saturated heterocycles. The van der Waals surface area contributed by atoms with Crippen LogP contribution in [-0.4, -0.2) is 36.1 Å². The van der Waals surface area contributed by atoms with Gasteiger partial charge in [-0.15, -0.1) is 0 Å². The number of urea groups is 1. The third-order valence-corrected chi connectivity index (χ3v) is 5.84. The highest BCUT2D eigenvalue weighted by Gasteiger charge is 2.40. The summed E-state index contributed by atoms with van der Waals surface area (Å²) in [6.07, 6.45) is 13.1. The van der Waals surface area contributed by atoms with Gasteiger partial charge in [-0.3, -0.25) is 0 Å². The number of piperazine rings is 1. The van der Waals surface area contributed by atoms with E-state index in [4.69, 9.17) is 0 Å². The van der Waals surface area contributed by atoms with Crippen LogP contribution in [-0.2, 0) is 6.42 Å². The summed E-state index contributed by atoms with van der Waals surface area (Å²) in [7, 11) is 0. The Bertz CT molecular complexity index is 557. The van der Waals surface area contributed by atoms with Gasteiger partial charge in [0.25, 0.3) is 0 Å². The van der Waals surface area contributed by atoms with Gasteiger partial charge < -0.3 is 15.5 Å². The molecule has 1 aromatic rings. The van der Waals surface area contributed by atoms with E-state index < -0.39 is 0 Å². The van der Waals surface area contributed by atoms with E-state index in [0.717, 1.165) is 31.6 Å². The number of unbranched alkanes of at least 4 members (excludes halogenated alkanes) is 7. The zero-order valence-corrected chi connectivity index (χ0v) is 16.3. The first-order valence-electron chi connectivity index (χ1n) is 10.7. The molecule has 2 aliphatic heterocycles. The fourth-order valence-electron chi connectivity index (χ4n) is 4.22. The van der Waals surface area contributed by atoms with Crippen molar-refractivity contribution in [2.45, 2.75) is 83.2 Å². The molecule has 0 spiro atoms. The van der Waals surface area contributed by atoms with Crippen LogP contribution in [0.4, 0.5) is 10.5 Å². The Morgan fingerprint density at radius 2 is 1.77 bits per heavy atom. The Morgan fingerprint density at radius 1 is 1.08 bits per heavy atom. The number of likely N-dealkylation sites (tertiary alicyclic amines) is 1. The van der Waals surface area contributed by atoms with Gasteiger partial charge in [0.15, 0.2) is 0 Å². The first-order valence-corrected chi connectivity index (χ1v) is 10.7. The number of amides is 2. The summed E-state index contributed by atoms with van der Waals surface area (Å²) in [5, 5.41) is 6.49. The molecular formula is C22H35N3O. The van der Waals surface area contributed by atoms with Gasteiger partial charge in [-0.1, -0.05) is 64.0 Å². The van der Waals surface area contributed by atoms with Gasteiger partial charge in [-0.05, 0) is 37.0 Å². The van der Waals surface area contributed by atoms with E-state index in [1.165, 1.54) is 56.9 Å². The van der Waals surface area contributed by atoms with Crippen LogP contribution in [0.1, 0.15) is 70.3 Å². The van der Waals surface area contributed by atoms with Crippen molar-refractivity contribution in [1.29, 1.82) is 0 Å². The van der Waals surface area contributed by atoms with E-state index in [1.807, 2.05) is 17.0 Å². The van der Waals surface area contributed by atoms with Gasteiger partial charge in [0.05, 0.1) is 0 Å². The summed E-state index contributed by atoms with van der Waals surface area (Å²) >= 11 is 0. The van der Waals surface area contributed by atoms with E-state index in [2.05, 4.69) is 29.7 Å². The number of benzene rings is 1. The first kappa shape index (κ1) is 19.2. The van der Waals surface area contributed by atoms with Gasteiger partial charge in [0.1, 0.15) is 0 Å². The van der Waals surface area contributed by atoms with Crippen LogP contribution < -0.4 is 10.6 Å². The third-order valence-electron chi connectivity index (χ3n) is 5.84.